The lowest BCUT2D eigenvalue weighted by Crippen LogP contribution is -2.50. The molecular formula is C26H35O+. The molecule has 0 aromatic heterocycles. The fourth-order valence-corrected chi connectivity index (χ4v) is 7.94. The largest absolute Gasteiger partial charge is 0.385 e. The van der Waals surface area contributed by atoms with Gasteiger partial charge in [0.2, 0.25) is 0 Å². The Labute approximate surface area is 165 Å². The van der Waals surface area contributed by atoms with Gasteiger partial charge in [0.15, 0.2) is 0 Å². The summed E-state index contributed by atoms with van der Waals surface area (Å²) in [4.78, 5) is 0. The Hall–Kier alpha value is -1.21. The van der Waals surface area contributed by atoms with Crippen molar-refractivity contribution in [1.82, 2.24) is 0 Å². The fraction of sp³-hybridized carbons (Fsp3) is 0.654. The number of allylic oxidation sites excluding steroid dienone is 2. The minimum Gasteiger partial charge on any atom is -0.385 e. The van der Waals surface area contributed by atoms with Crippen molar-refractivity contribution in [3.63, 3.8) is 0 Å². The summed E-state index contributed by atoms with van der Waals surface area (Å²) < 4.78 is 0. The van der Waals surface area contributed by atoms with Crippen molar-refractivity contribution in [1.29, 1.82) is 0 Å². The SMILES string of the molecule is C[CH+]C1=CC[C@H]2[C@@H]3CC[C@@H]4C[C@](O)(c5ccccc5)CC[C@@H]4[C@H]3CC[C@]12C. The van der Waals surface area contributed by atoms with Gasteiger partial charge in [-0.15, -0.1) is 0 Å². The smallest absolute Gasteiger partial charge is 0.108 e. The summed E-state index contributed by atoms with van der Waals surface area (Å²) in [5.41, 5.74) is 2.64. The maximum atomic E-state index is 11.4. The Kier molecular flexibility index (Phi) is 4.24. The van der Waals surface area contributed by atoms with E-state index in [1.807, 2.05) is 0 Å². The molecule has 1 heteroatoms. The first-order valence-corrected chi connectivity index (χ1v) is 11.3. The maximum Gasteiger partial charge on any atom is 0.108 e. The van der Waals surface area contributed by atoms with Crippen LogP contribution in [0.15, 0.2) is 42.0 Å². The van der Waals surface area contributed by atoms with Crippen molar-refractivity contribution in [2.24, 2.45) is 35.0 Å². The zero-order valence-electron chi connectivity index (χ0n) is 17.0. The lowest BCUT2D eigenvalue weighted by molar-refractivity contribution is -0.101. The lowest BCUT2D eigenvalue weighted by Gasteiger charge is -2.56. The molecule has 27 heavy (non-hydrogen) atoms. The molecule has 3 fully saturated rings. The van der Waals surface area contributed by atoms with Crippen LogP contribution in [-0.4, -0.2) is 5.11 Å². The van der Waals surface area contributed by atoms with Crippen molar-refractivity contribution >= 4 is 0 Å². The molecule has 1 aromatic carbocycles. The van der Waals surface area contributed by atoms with Gasteiger partial charge < -0.3 is 5.11 Å². The highest BCUT2D eigenvalue weighted by atomic mass is 16.3. The van der Waals surface area contributed by atoms with Gasteiger partial charge in [-0.2, -0.15) is 0 Å². The standard InChI is InChI=1S/C26H35O/c1-3-19-10-12-24-23-11-9-18-17-26(27,20-7-5-4-6-8-20)16-14-21(18)22(23)13-15-25(19,24)2/h3-8,10,18,21-24,27H,9,11-17H2,1-2H3/q+1/t18-,21+,22-,23-,24+,25-,26+/m1/s1. The molecule has 0 amide bonds. The normalized spacial score (nSPS) is 46.0. The second-order valence-electron chi connectivity index (χ2n) is 10.2. The molecular weight excluding hydrogens is 328 g/mol. The van der Waals surface area contributed by atoms with E-state index in [4.69, 9.17) is 0 Å². The molecule has 0 aliphatic heterocycles. The molecule has 1 nitrogen and oxygen atoms in total. The Morgan fingerprint density at radius 3 is 2.52 bits per heavy atom. The predicted molar refractivity (Wildman–Crippen MR) is 111 cm³/mol. The number of aliphatic hydroxyl groups is 1. The van der Waals surface area contributed by atoms with Crippen LogP contribution in [0.3, 0.4) is 0 Å². The van der Waals surface area contributed by atoms with E-state index < -0.39 is 5.60 Å². The van der Waals surface area contributed by atoms with Crippen LogP contribution in [0.25, 0.3) is 0 Å². The summed E-state index contributed by atoms with van der Waals surface area (Å²) in [5.74, 6) is 4.28. The maximum absolute atomic E-state index is 11.4. The van der Waals surface area contributed by atoms with E-state index in [2.05, 4.69) is 56.7 Å². The van der Waals surface area contributed by atoms with Crippen LogP contribution in [0, 0.1) is 41.4 Å². The van der Waals surface area contributed by atoms with Gasteiger partial charge in [0, 0.05) is 31.3 Å². The van der Waals surface area contributed by atoms with E-state index >= 15 is 0 Å². The van der Waals surface area contributed by atoms with Gasteiger partial charge in [0.1, 0.15) is 5.57 Å². The molecule has 5 rings (SSSR count). The molecule has 1 aromatic rings. The Morgan fingerprint density at radius 1 is 0.963 bits per heavy atom. The van der Waals surface area contributed by atoms with E-state index in [0.717, 1.165) is 48.0 Å². The van der Waals surface area contributed by atoms with Gasteiger partial charge in [-0.05, 0) is 80.1 Å². The van der Waals surface area contributed by atoms with Crippen molar-refractivity contribution in [2.45, 2.75) is 70.8 Å². The van der Waals surface area contributed by atoms with Crippen LogP contribution >= 0.6 is 0 Å². The van der Waals surface area contributed by atoms with Crippen LogP contribution in [0.4, 0.5) is 0 Å². The molecule has 0 radical (unpaired) electrons. The van der Waals surface area contributed by atoms with Gasteiger partial charge >= 0.3 is 0 Å². The zero-order chi connectivity index (χ0) is 18.6. The van der Waals surface area contributed by atoms with Crippen LogP contribution in [0.2, 0.25) is 0 Å². The molecule has 0 heterocycles. The topological polar surface area (TPSA) is 20.2 Å². The van der Waals surface area contributed by atoms with Crippen LogP contribution in [0.5, 0.6) is 0 Å². The van der Waals surface area contributed by atoms with E-state index in [9.17, 15) is 5.11 Å². The Balaban J connectivity index is 1.35. The van der Waals surface area contributed by atoms with Gasteiger partial charge in [0.05, 0.1) is 5.60 Å². The molecule has 0 saturated heterocycles. The monoisotopic (exact) mass is 363 g/mol. The van der Waals surface area contributed by atoms with E-state index in [0.29, 0.717) is 5.41 Å². The molecule has 144 valence electrons. The second kappa shape index (κ2) is 6.41. The number of hydrogen-bond donors (Lipinski definition) is 1. The number of benzene rings is 1. The third kappa shape index (κ3) is 2.64. The van der Waals surface area contributed by atoms with Gasteiger partial charge in [-0.1, -0.05) is 37.3 Å². The summed E-state index contributed by atoms with van der Waals surface area (Å²) in [6.07, 6.45) is 14.9. The molecule has 1 N–H and O–H groups in total. The van der Waals surface area contributed by atoms with Crippen molar-refractivity contribution < 1.29 is 5.11 Å². The highest BCUT2D eigenvalue weighted by molar-refractivity contribution is 5.30. The highest BCUT2D eigenvalue weighted by Gasteiger charge is 2.57. The summed E-state index contributed by atoms with van der Waals surface area (Å²) in [5, 5.41) is 11.4. The minimum atomic E-state index is -0.586. The Bertz CT molecular complexity index is 721. The first-order chi connectivity index (χ1) is 13.0. The van der Waals surface area contributed by atoms with Gasteiger partial charge in [-0.3, -0.25) is 0 Å². The lowest BCUT2D eigenvalue weighted by atomic mass is 9.48. The first kappa shape index (κ1) is 17.9. The predicted octanol–water partition coefficient (Wildman–Crippen LogP) is 6.29. The van der Waals surface area contributed by atoms with E-state index in [1.165, 1.54) is 38.5 Å². The third-order valence-corrected chi connectivity index (χ3v) is 9.27. The summed E-state index contributed by atoms with van der Waals surface area (Å²) in [6, 6.07) is 10.5. The summed E-state index contributed by atoms with van der Waals surface area (Å²) >= 11 is 0. The average Bonchev–Trinajstić information content (AvgIpc) is 3.04. The first-order valence-electron chi connectivity index (χ1n) is 11.3. The van der Waals surface area contributed by atoms with Gasteiger partial charge in [-0.25, -0.2) is 0 Å². The minimum absolute atomic E-state index is 0.447. The molecule has 7 atom stereocenters. The average molecular weight is 364 g/mol. The molecule has 4 aliphatic rings. The van der Waals surface area contributed by atoms with Gasteiger partial charge in [0.25, 0.3) is 0 Å². The molecule has 4 aliphatic carbocycles. The van der Waals surface area contributed by atoms with Crippen molar-refractivity contribution in [2.75, 3.05) is 0 Å². The second-order valence-corrected chi connectivity index (χ2v) is 10.2. The number of fused-ring (bicyclic) bond motifs is 5. The number of rotatable bonds is 2. The van der Waals surface area contributed by atoms with E-state index in [-0.39, 0.29) is 0 Å². The molecule has 0 bridgehead atoms. The number of hydrogen-bond acceptors (Lipinski definition) is 1. The van der Waals surface area contributed by atoms with Crippen LogP contribution < -0.4 is 0 Å². The third-order valence-electron chi connectivity index (χ3n) is 9.27. The van der Waals surface area contributed by atoms with Crippen molar-refractivity contribution in [3.05, 3.63) is 54.0 Å². The molecule has 3 saturated carbocycles. The van der Waals surface area contributed by atoms with E-state index in [1.54, 1.807) is 5.57 Å². The summed E-state index contributed by atoms with van der Waals surface area (Å²) in [6.45, 7) is 4.78. The quantitative estimate of drug-likeness (QED) is 0.612. The Morgan fingerprint density at radius 2 is 1.74 bits per heavy atom. The summed E-state index contributed by atoms with van der Waals surface area (Å²) in [7, 11) is 0. The van der Waals surface area contributed by atoms with Crippen LogP contribution in [-0.2, 0) is 5.60 Å². The fourth-order valence-electron chi connectivity index (χ4n) is 7.94. The van der Waals surface area contributed by atoms with Crippen LogP contribution in [0.1, 0.15) is 70.8 Å². The van der Waals surface area contributed by atoms with Crippen molar-refractivity contribution in [3.8, 4) is 0 Å². The highest BCUT2D eigenvalue weighted by Crippen LogP contribution is 2.63. The zero-order valence-corrected chi connectivity index (χ0v) is 17.0. The molecule has 0 unspecified atom stereocenters. The molecule has 0 spiro atoms.